The van der Waals surface area contributed by atoms with Gasteiger partial charge in [0.05, 0.1) is 36.7 Å². The van der Waals surface area contributed by atoms with Crippen LogP contribution in [0, 0.1) is 5.92 Å². The largest absolute Gasteiger partial charge is 0.497 e. The van der Waals surface area contributed by atoms with Crippen LogP contribution in [-0.4, -0.2) is 46.6 Å². The number of aromatic nitrogens is 2. The lowest BCUT2D eigenvalue weighted by atomic mass is 10.1. The predicted molar refractivity (Wildman–Crippen MR) is 98.2 cm³/mol. The fourth-order valence-corrected chi connectivity index (χ4v) is 3.81. The van der Waals surface area contributed by atoms with E-state index in [1.165, 1.54) is 0 Å². The second-order valence-electron chi connectivity index (χ2n) is 7.38. The fraction of sp³-hybridized carbons (Fsp3) is 0.450. The lowest BCUT2D eigenvalue weighted by Crippen LogP contribution is -2.30. The Morgan fingerprint density at radius 2 is 2.19 bits per heavy atom. The van der Waals surface area contributed by atoms with Crippen molar-refractivity contribution in [1.29, 1.82) is 0 Å². The summed E-state index contributed by atoms with van der Waals surface area (Å²) in [5.41, 5.74) is 2.29. The molecule has 142 valence electrons. The van der Waals surface area contributed by atoms with Crippen LogP contribution in [0.4, 0.5) is 0 Å². The maximum absolute atomic E-state index is 13.2. The van der Waals surface area contributed by atoms with Gasteiger partial charge in [-0.25, -0.2) is 9.78 Å². The summed E-state index contributed by atoms with van der Waals surface area (Å²) in [6.07, 6.45) is 3.30. The third-order valence-electron chi connectivity index (χ3n) is 5.07. The summed E-state index contributed by atoms with van der Waals surface area (Å²) >= 11 is 0. The minimum Gasteiger partial charge on any atom is -0.497 e. The van der Waals surface area contributed by atoms with Crippen molar-refractivity contribution in [2.24, 2.45) is 5.92 Å². The van der Waals surface area contributed by atoms with Gasteiger partial charge in [0.2, 0.25) is 0 Å². The Labute approximate surface area is 157 Å². The highest BCUT2D eigenvalue weighted by molar-refractivity contribution is 6.00. The standard InChI is InChI=1S/C20H23N3O4/c1-12(2)10-27-20(25)17-18-16-5-4-8-22(16)19(24)14-9-13(26-3)6-7-15(14)23(18)11-21-17/h6-7,9,11-12,16H,4-5,8,10H2,1-3H3/t16-/m0/s1. The number of hydrogen-bond acceptors (Lipinski definition) is 5. The molecule has 2 aliphatic heterocycles. The van der Waals surface area contributed by atoms with E-state index < -0.39 is 5.97 Å². The number of ether oxygens (including phenoxy) is 2. The summed E-state index contributed by atoms with van der Waals surface area (Å²) in [6.45, 7) is 4.97. The molecule has 1 aromatic carbocycles. The number of amides is 1. The number of imidazole rings is 1. The molecule has 0 unspecified atom stereocenters. The molecule has 2 aliphatic rings. The van der Waals surface area contributed by atoms with Crippen LogP contribution in [0.15, 0.2) is 24.5 Å². The average Bonchev–Trinajstić information content (AvgIpc) is 3.29. The molecule has 7 heteroatoms. The van der Waals surface area contributed by atoms with Crippen LogP contribution < -0.4 is 4.74 Å². The Hall–Kier alpha value is -2.83. The Balaban J connectivity index is 1.85. The number of carbonyl (C=O) groups is 2. The van der Waals surface area contributed by atoms with Crippen molar-refractivity contribution in [3.63, 3.8) is 0 Å². The average molecular weight is 369 g/mol. The lowest BCUT2D eigenvalue weighted by molar-refractivity contribution is 0.0446. The maximum atomic E-state index is 13.2. The van der Waals surface area contributed by atoms with Crippen LogP contribution in [0.1, 0.15) is 59.3 Å². The highest BCUT2D eigenvalue weighted by atomic mass is 16.5. The second kappa shape index (κ2) is 6.72. The van der Waals surface area contributed by atoms with Crippen molar-refractivity contribution < 1.29 is 19.1 Å². The summed E-state index contributed by atoms with van der Waals surface area (Å²) in [5.74, 6) is 0.385. The molecule has 1 saturated heterocycles. The third-order valence-corrected chi connectivity index (χ3v) is 5.07. The van der Waals surface area contributed by atoms with E-state index >= 15 is 0 Å². The first-order valence-electron chi connectivity index (χ1n) is 9.25. The lowest BCUT2D eigenvalue weighted by Gasteiger charge is -2.23. The fourth-order valence-electron chi connectivity index (χ4n) is 3.81. The Bertz CT molecular complexity index is 903. The number of methoxy groups -OCH3 is 1. The summed E-state index contributed by atoms with van der Waals surface area (Å²) < 4.78 is 12.6. The van der Waals surface area contributed by atoms with E-state index in [2.05, 4.69) is 4.98 Å². The number of carbonyl (C=O) groups excluding carboxylic acids is 2. The molecular weight excluding hydrogens is 346 g/mol. The Morgan fingerprint density at radius 3 is 2.93 bits per heavy atom. The van der Waals surface area contributed by atoms with Crippen LogP contribution in [0.2, 0.25) is 0 Å². The molecule has 1 atom stereocenters. The van der Waals surface area contributed by atoms with Crippen molar-refractivity contribution in [1.82, 2.24) is 14.5 Å². The topological polar surface area (TPSA) is 73.7 Å². The molecule has 7 nitrogen and oxygen atoms in total. The predicted octanol–water partition coefficient (Wildman–Crippen LogP) is 2.98. The zero-order chi connectivity index (χ0) is 19.1. The van der Waals surface area contributed by atoms with Crippen LogP contribution in [0.25, 0.3) is 5.69 Å². The molecule has 0 aliphatic carbocycles. The van der Waals surface area contributed by atoms with Gasteiger partial charge in [-0.2, -0.15) is 0 Å². The van der Waals surface area contributed by atoms with E-state index in [9.17, 15) is 9.59 Å². The van der Waals surface area contributed by atoms with Crippen LogP contribution in [-0.2, 0) is 4.74 Å². The van der Waals surface area contributed by atoms with E-state index in [4.69, 9.17) is 9.47 Å². The molecule has 3 heterocycles. The summed E-state index contributed by atoms with van der Waals surface area (Å²) in [7, 11) is 1.58. The Morgan fingerprint density at radius 1 is 1.37 bits per heavy atom. The number of nitrogens with zero attached hydrogens (tertiary/aromatic N) is 3. The van der Waals surface area contributed by atoms with Crippen LogP contribution in [0.5, 0.6) is 5.75 Å². The maximum Gasteiger partial charge on any atom is 0.358 e. The van der Waals surface area contributed by atoms with Gasteiger partial charge < -0.3 is 14.4 Å². The normalized spacial score (nSPS) is 18.0. The summed E-state index contributed by atoms with van der Waals surface area (Å²) in [6, 6.07) is 5.21. The smallest absolute Gasteiger partial charge is 0.358 e. The highest BCUT2D eigenvalue weighted by Crippen LogP contribution is 2.40. The van der Waals surface area contributed by atoms with Gasteiger partial charge in [-0.05, 0) is 37.0 Å². The molecular formula is C20H23N3O4. The zero-order valence-electron chi connectivity index (χ0n) is 15.8. The highest BCUT2D eigenvalue weighted by Gasteiger charge is 2.40. The first kappa shape index (κ1) is 17.6. The van der Waals surface area contributed by atoms with Gasteiger partial charge in [0.25, 0.3) is 5.91 Å². The van der Waals surface area contributed by atoms with Crippen LogP contribution >= 0.6 is 0 Å². The van der Waals surface area contributed by atoms with Crippen molar-refractivity contribution in [3.05, 3.63) is 41.5 Å². The van der Waals surface area contributed by atoms with Crippen molar-refractivity contribution in [3.8, 4) is 11.4 Å². The number of hydrogen-bond donors (Lipinski definition) is 0. The van der Waals surface area contributed by atoms with Gasteiger partial charge >= 0.3 is 5.97 Å². The third kappa shape index (κ3) is 2.87. The number of esters is 1. The van der Waals surface area contributed by atoms with E-state index in [-0.39, 0.29) is 17.9 Å². The molecule has 1 fully saturated rings. The quantitative estimate of drug-likeness (QED) is 0.775. The summed E-state index contributed by atoms with van der Waals surface area (Å²) in [4.78, 5) is 32.0. The molecule has 0 bridgehead atoms. The number of fused-ring (bicyclic) bond motifs is 5. The molecule has 0 saturated carbocycles. The Kier molecular flexibility index (Phi) is 4.37. The first-order valence-corrected chi connectivity index (χ1v) is 9.25. The first-order chi connectivity index (χ1) is 13.0. The molecule has 27 heavy (non-hydrogen) atoms. The van der Waals surface area contributed by atoms with Crippen molar-refractivity contribution in [2.45, 2.75) is 32.7 Å². The minimum absolute atomic E-state index is 0.0448. The summed E-state index contributed by atoms with van der Waals surface area (Å²) in [5, 5.41) is 0. The molecule has 1 amide bonds. The number of rotatable bonds is 4. The van der Waals surface area contributed by atoms with E-state index in [0.717, 1.165) is 18.5 Å². The number of benzene rings is 1. The second-order valence-corrected chi connectivity index (χ2v) is 7.38. The molecule has 1 aromatic heterocycles. The molecule has 4 rings (SSSR count). The van der Waals surface area contributed by atoms with Gasteiger partial charge in [-0.1, -0.05) is 13.8 Å². The van der Waals surface area contributed by atoms with Gasteiger partial charge in [0, 0.05) is 6.54 Å². The van der Waals surface area contributed by atoms with Gasteiger partial charge in [0.1, 0.15) is 12.1 Å². The van der Waals surface area contributed by atoms with Gasteiger partial charge in [-0.3, -0.25) is 9.36 Å². The van der Waals surface area contributed by atoms with E-state index in [1.54, 1.807) is 19.5 Å². The molecule has 0 N–H and O–H groups in total. The van der Waals surface area contributed by atoms with E-state index in [1.807, 2.05) is 35.4 Å². The molecule has 0 radical (unpaired) electrons. The van der Waals surface area contributed by atoms with Gasteiger partial charge in [-0.15, -0.1) is 0 Å². The monoisotopic (exact) mass is 369 g/mol. The van der Waals surface area contributed by atoms with E-state index in [0.29, 0.717) is 35.8 Å². The minimum atomic E-state index is -0.436. The van der Waals surface area contributed by atoms with Gasteiger partial charge in [0.15, 0.2) is 5.69 Å². The SMILES string of the molecule is COc1ccc2c(c1)C(=O)N1CCC[C@H]1c1c(C(=O)OCC(C)C)ncn1-2. The molecule has 2 aromatic rings. The molecule has 0 spiro atoms. The van der Waals surface area contributed by atoms with Crippen LogP contribution in [0.3, 0.4) is 0 Å². The van der Waals surface area contributed by atoms with Crippen molar-refractivity contribution in [2.75, 3.05) is 20.3 Å². The zero-order valence-corrected chi connectivity index (χ0v) is 15.8. The van der Waals surface area contributed by atoms with Crippen molar-refractivity contribution >= 4 is 11.9 Å².